The van der Waals surface area contributed by atoms with E-state index in [1.54, 1.807) is 6.07 Å². The number of nitrogens with zero attached hydrogens (tertiary/aromatic N) is 4. The summed E-state index contributed by atoms with van der Waals surface area (Å²) in [5.74, 6) is 1.51. The zero-order valence-corrected chi connectivity index (χ0v) is 13.1. The van der Waals surface area contributed by atoms with Crippen molar-refractivity contribution in [2.75, 3.05) is 43.4 Å². The van der Waals surface area contributed by atoms with Crippen LogP contribution in [0.1, 0.15) is 13.8 Å². The van der Waals surface area contributed by atoms with E-state index in [2.05, 4.69) is 46.0 Å². The van der Waals surface area contributed by atoms with Gasteiger partial charge in [-0.2, -0.15) is 4.98 Å². The van der Waals surface area contributed by atoms with Gasteiger partial charge >= 0.3 is 0 Å². The van der Waals surface area contributed by atoms with Crippen LogP contribution in [0, 0.1) is 0 Å². The third kappa shape index (κ3) is 4.67. The van der Waals surface area contributed by atoms with Gasteiger partial charge in [-0.05, 0) is 20.9 Å². The predicted octanol–water partition coefficient (Wildman–Crippen LogP) is 2.12. The van der Waals surface area contributed by atoms with Gasteiger partial charge < -0.3 is 15.1 Å². The largest absolute Gasteiger partial charge is 0.368 e. The van der Waals surface area contributed by atoms with Crippen molar-refractivity contribution in [1.82, 2.24) is 14.9 Å². The van der Waals surface area contributed by atoms with Gasteiger partial charge in [0.15, 0.2) is 0 Å². The van der Waals surface area contributed by atoms with Gasteiger partial charge in [0, 0.05) is 38.3 Å². The van der Waals surface area contributed by atoms with E-state index in [9.17, 15) is 0 Å². The summed E-state index contributed by atoms with van der Waals surface area (Å²) in [6, 6.07) is 2.09. The van der Waals surface area contributed by atoms with E-state index < -0.39 is 0 Å². The molecule has 0 radical (unpaired) electrons. The molecule has 0 amide bonds. The van der Waals surface area contributed by atoms with Crippen LogP contribution >= 0.6 is 24.0 Å². The molecule has 2 rings (SSSR count). The van der Waals surface area contributed by atoms with Crippen LogP contribution in [0.2, 0.25) is 5.15 Å². The van der Waals surface area contributed by atoms with Crippen LogP contribution in [0.3, 0.4) is 0 Å². The second-order valence-electron chi connectivity index (χ2n) is 4.97. The number of piperazine rings is 1. The van der Waals surface area contributed by atoms with E-state index in [4.69, 9.17) is 11.6 Å². The van der Waals surface area contributed by atoms with Gasteiger partial charge in [0.1, 0.15) is 11.0 Å². The van der Waals surface area contributed by atoms with Gasteiger partial charge in [0.25, 0.3) is 0 Å². The Morgan fingerprint density at radius 1 is 1.21 bits per heavy atom. The smallest absolute Gasteiger partial charge is 0.228 e. The number of hydrogen-bond donors (Lipinski definition) is 1. The standard InChI is InChI=1S/C12H20ClN5.ClH/c1-9(2)14-11-8-10(13)15-12(16-11)18-6-4-17(3)5-7-18;/h8-9H,4-7H2,1-3H3,(H,14,15,16);1H. The zero-order chi connectivity index (χ0) is 13.1. The molecule has 5 nitrogen and oxygen atoms in total. The average Bonchev–Trinajstić information content (AvgIpc) is 2.28. The van der Waals surface area contributed by atoms with Crippen LogP contribution in [0.15, 0.2) is 6.07 Å². The average molecular weight is 306 g/mol. The first kappa shape index (κ1) is 16.3. The second kappa shape index (κ2) is 7.12. The third-order valence-electron chi connectivity index (χ3n) is 2.91. The molecule has 0 unspecified atom stereocenters. The number of nitrogens with one attached hydrogen (secondary N) is 1. The minimum atomic E-state index is 0. The van der Waals surface area contributed by atoms with Crippen molar-refractivity contribution >= 4 is 35.8 Å². The van der Waals surface area contributed by atoms with Crippen LogP contribution in [0.5, 0.6) is 0 Å². The highest BCUT2D eigenvalue weighted by molar-refractivity contribution is 6.29. The molecule has 1 aliphatic heterocycles. The fourth-order valence-corrected chi connectivity index (χ4v) is 2.10. The summed E-state index contributed by atoms with van der Waals surface area (Å²) < 4.78 is 0. The molecule has 1 saturated heterocycles. The molecule has 1 aromatic heterocycles. The van der Waals surface area contributed by atoms with Gasteiger partial charge in [0.05, 0.1) is 0 Å². The number of hydrogen-bond acceptors (Lipinski definition) is 5. The van der Waals surface area contributed by atoms with E-state index in [-0.39, 0.29) is 12.4 Å². The molecule has 0 saturated carbocycles. The first-order chi connectivity index (χ1) is 8.54. The Bertz CT molecular complexity index is 405. The molecule has 2 heterocycles. The number of likely N-dealkylation sites (N-methyl/N-ethyl adjacent to an activating group) is 1. The molecule has 1 N–H and O–H groups in total. The quantitative estimate of drug-likeness (QED) is 0.867. The summed E-state index contributed by atoms with van der Waals surface area (Å²) in [5, 5.41) is 3.75. The SMILES string of the molecule is CC(C)Nc1cc(Cl)nc(N2CCN(C)CC2)n1.Cl. The van der Waals surface area contributed by atoms with Crippen molar-refractivity contribution in [2.24, 2.45) is 0 Å². The monoisotopic (exact) mass is 305 g/mol. The van der Waals surface area contributed by atoms with Crippen molar-refractivity contribution in [1.29, 1.82) is 0 Å². The van der Waals surface area contributed by atoms with Crippen LogP contribution in [-0.4, -0.2) is 54.1 Å². The Kier molecular flexibility index (Phi) is 6.10. The van der Waals surface area contributed by atoms with Gasteiger partial charge in [-0.3, -0.25) is 0 Å². The highest BCUT2D eigenvalue weighted by Gasteiger charge is 2.17. The van der Waals surface area contributed by atoms with Crippen molar-refractivity contribution < 1.29 is 0 Å². The summed E-state index contributed by atoms with van der Waals surface area (Å²) >= 11 is 6.05. The fourth-order valence-electron chi connectivity index (χ4n) is 1.92. The highest BCUT2D eigenvalue weighted by Crippen LogP contribution is 2.18. The first-order valence-corrected chi connectivity index (χ1v) is 6.67. The lowest BCUT2D eigenvalue weighted by molar-refractivity contribution is 0.311. The highest BCUT2D eigenvalue weighted by atomic mass is 35.5. The van der Waals surface area contributed by atoms with Crippen LogP contribution in [0.25, 0.3) is 0 Å². The van der Waals surface area contributed by atoms with Crippen molar-refractivity contribution in [3.8, 4) is 0 Å². The lowest BCUT2D eigenvalue weighted by Crippen LogP contribution is -2.45. The number of anilines is 2. The van der Waals surface area contributed by atoms with E-state index in [1.807, 2.05) is 0 Å². The molecule has 0 aliphatic carbocycles. The van der Waals surface area contributed by atoms with Gasteiger partial charge in [-0.15, -0.1) is 12.4 Å². The predicted molar refractivity (Wildman–Crippen MR) is 82.8 cm³/mol. The van der Waals surface area contributed by atoms with Crippen molar-refractivity contribution in [3.05, 3.63) is 11.2 Å². The second-order valence-corrected chi connectivity index (χ2v) is 5.35. The Labute approximate surface area is 125 Å². The lowest BCUT2D eigenvalue weighted by atomic mass is 10.3. The molecule has 108 valence electrons. The fraction of sp³-hybridized carbons (Fsp3) is 0.667. The van der Waals surface area contributed by atoms with Crippen molar-refractivity contribution in [3.63, 3.8) is 0 Å². The van der Waals surface area contributed by atoms with Gasteiger partial charge in [-0.1, -0.05) is 11.6 Å². The molecule has 0 aromatic carbocycles. The summed E-state index contributed by atoms with van der Waals surface area (Å²) in [5.41, 5.74) is 0. The molecule has 0 bridgehead atoms. The summed E-state index contributed by atoms with van der Waals surface area (Å²) in [6.07, 6.45) is 0. The van der Waals surface area contributed by atoms with Gasteiger partial charge in [0.2, 0.25) is 5.95 Å². The maximum absolute atomic E-state index is 6.05. The number of aromatic nitrogens is 2. The molecular weight excluding hydrogens is 285 g/mol. The van der Waals surface area contributed by atoms with Crippen LogP contribution in [-0.2, 0) is 0 Å². The molecule has 0 spiro atoms. The summed E-state index contributed by atoms with van der Waals surface area (Å²) in [4.78, 5) is 13.3. The molecule has 7 heteroatoms. The Morgan fingerprint density at radius 2 is 1.84 bits per heavy atom. The van der Waals surface area contributed by atoms with Crippen molar-refractivity contribution in [2.45, 2.75) is 19.9 Å². The molecule has 1 aliphatic rings. The minimum Gasteiger partial charge on any atom is -0.368 e. The maximum Gasteiger partial charge on any atom is 0.228 e. The van der Waals surface area contributed by atoms with E-state index in [0.29, 0.717) is 11.2 Å². The third-order valence-corrected chi connectivity index (χ3v) is 3.10. The molecule has 0 atom stereocenters. The topological polar surface area (TPSA) is 44.3 Å². The Hall–Kier alpha value is -0.780. The Balaban J connectivity index is 0.00000180. The van der Waals surface area contributed by atoms with Gasteiger partial charge in [-0.25, -0.2) is 4.98 Å². The summed E-state index contributed by atoms with van der Waals surface area (Å²) in [6.45, 7) is 8.10. The summed E-state index contributed by atoms with van der Waals surface area (Å²) in [7, 11) is 2.13. The molecule has 1 fully saturated rings. The molecule has 1 aromatic rings. The maximum atomic E-state index is 6.05. The Morgan fingerprint density at radius 3 is 2.42 bits per heavy atom. The van der Waals surface area contributed by atoms with Crippen LogP contribution < -0.4 is 10.2 Å². The first-order valence-electron chi connectivity index (χ1n) is 6.29. The van der Waals surface area contributed by atoms with E-state index in [1.165, 1.54) is 0 Å². The van der Waals surface area contributed by atoms with E-state index in [0.717, 1.165) is 37.9 Å². The normalized spacial score (nSPS) is 16.4. The molecule has 19 heavy (non-hydrogen) atoms. The molecular formula is C12H21Cl2N5. The van der Waals surface area contributed by atoms with E-state index >= 15 is 0 Å². The number of halogens is 2. The lowest BCUT2D eigenvalue weighted by Gasteiger charge is -2.32. The van der Waals surface area contributed by atoms with Crippen LogP contribution in [0.4, 0.5) is 11.8 Å². The number of rotatable bonds is 3. The zero-order valence-electron chi connectivity index (χ0n) is 11.6. The minimum absolute atomic E-state index is 0.